The molecule has 9 atom stereocenters. The summed E-state index contributed by atoms with van der Waals surface area (Å²) in [4.78, 5) is 40.5. The molecule has 0 saturated heterocycles. The molecule has 43 heavy (non-hydrogen) atoms. The number of aliphatic carboxylic acids is 1. The molecule has 0 bridgehead atoms. The second-order valence-electron chi connectivity index (χ2n) is 17.1. The monoisotopic (exact) mass is 588 g/mol. The van der Waals surface area contributed by atoms with Gasteiger partial charge in [-0.2, -0.15) is 0 Å². The Morgan fingerprint density at radius 2 is 1.56 bits per heavy atom. The SMILES string of the molecule is CC1(C)C2CC[C@]3(C)[C@H](C(=O)C=C4[C@@H]5C[C@@](C)(C(=O)OCc6ccccc6)CC[C@]5(C)CC[C@]43C)[C@@]2(C)CC[C@@H]1C(=O)O. The zero-order chi connectivity index (χ0) is 31.2. The highest BCUT2D eigenvalue weighted by Gasteiger charge is 2.70. The Morgan fingerprint density at radius 1 is 0.884 bits per heavy atom. The Bertz CT molecular complexity index is 1360. The number of carboxylic acid groups (broad SMARTS) is 1. The first-order chi connectivity index (χ1) is 20.0. The summed E-state index contributed by atoms with van der Waals surface area (Å²) in [5, 5.41) is 10.1. The van der Waals surface area contributed by atoms with Gasteiger partial charge in [-0.05, 0) is 115 Å². The minimum atomic E-state index is -0.696. The van der Waals surface area contributed by atoms with Crippen molar-refractivity contribution < 1.29 is 24.2 Å². The number of carbonyl (C=O) groups excluding carboxylic acids is 2. The maximum atomic E-state index is 14.6. The molecule has 1 N–H and O–H groups in total. The molecule has 0 amide bonds. The molecular formula is C38H52O5. The predicted molar refractivity (Wildman–Crippen MR) is 167 cm³/mol. The van der Waals surface area contributed by atoms with Gasteiger partial charge in [0, 0.05) is 5.92 Å². The molecule has 6 rings (SSSR count). The highest BCUT2D eigenvalue weighted by atomic mass is 16.5. The number of carboxylic acids is 1. The smallest absolute Gasteiger partial charge is 0.312 e. The van der Waals surface area contributed by atoms with Crippen LogP contribution in [-0.4, -0.2) is 22.8 Å². The van der Waals surface area contributed by atoms with Crippen molar-refractivity contribution in [2.24, 2.45) is 56.2 Å². The molecule has 1 aromatic carbocycles. The van der Waals surface area contributed by atoms with Crippen molar-refractivity contribution in [3.63, 3.8) is 0 Å². The van der Waals surface area contributed by atoms with Crippen molar-refractivity contribution in [1.82, 2.24) is 0 Å². The van der Waals surface area contributed by atoms with Gasteiger partial charge in [-0.25, -0.2) is 0 Å². The van der Waals surface area contributed by atoms with Crippen molar-refractivity contribution >= 4 is 17.7 Å². The second-order valence-corrected chi connectivity index (χ2v) is 17.1. The fraction of sp³-hybridized carbons (Fsp3) is 0.711. The summed E-state index contributed by atoms with van der Waals surface area (Å²) in [5.74, 6) is -0.692. The van der Waals surface area contributed by atoms with Crippen LogP contribution in [0.3, 0.4) is 0 Å². The molecule has 0 aromatic heterocycles. The minimum Gasteiger partial charge on any atom is -0.481 e. The van der Waals surface area contributed by atoms with E-state index < -0.39 is 11.4 Å². The number of carbonyl (C=O) groups is 3. The van der Waals surface area contributed by atoms with Gasteiger partial charge in [0.2, 0.25) is 0 Å². The summed E-state index contributed by atoms with van der Waals surface area (Å²) in [6.07, 6.45) is 10.0. The van der Waals surface area contributed by atoms with Gasteiger partial charge in [0.05, 0.1) is 11.3 Å². The Balaban J connectivity index is 1.33. The molecule has 0 heterocycles. The maximum absolute atomic E-state index is 14.6. The second kappa shape index (κ2) is 9.78. The van der Waals surface area contributed by atoms with E-state index in [-0.39, 0.29) is 69.1 Å². The van der Waals surface area contributed by atoms with Gasteiger partial charge in [0.25, 0.3) is 0 Å². The molecule has 0 radical (unpaired) electrons. The van der Waals surface area contributed by atoms with Crippen LogP contribution in [0.5, 0.6) is 0 Å². The summed E-state index contributed by atoms with van der Waals surface area (Å²) in [6, 6.07) is 9.87. The van der Waals surface area contributed by atoms with E-state index >= 15 is 0 Å². The minimum absolute atomic E-state index is 0.0662. The third-order valence-corrected chi connectivity index (χ3v) is 14.6. The van der Waals surface area contributed by atoms with Gasteiger partial charge in [0.15, 0.2) is 5.78 Å². The van der Waals surface area contributed by atoms with E-state index in [2.05, 4.69) is 48.5 Å². The number of ketones is 1. The standard InChI is InChI=1S/C38H52O5/c1-33(2)25(31(40)41)13-15-36(5)29(33)14-16-38(7)30(36)28(39)21-26-27-22-35(4,18-17-34(27,3)19-20-37(26,38)6)32(42)43-23-24-11-9-8-10-12-24/h8-12,21,25,27,29-30H,13-20,22-23H2,1-7H3,(H,40,41)/t25-,27+,29?,30-,34-,35+,36+,37-,38-/m1/s1. The number of ether oxygens (including phenoxy) is 1. The lowest BCUT2D eigenvalue weighted by molar-refractivity contribution is -0.198. The van der Waals surface area contributed by atoms with Crippen LogP contribution in [0.25, 0.3) is 0 Å². The zero-order valence-electron chi connectivity index (χ0n) is 27.4. The van der Waals surface area contributed by atoms with Crippen molar-refractivity contribution in [2.45, 2.75) is 113 Å². The average molecular weight is 589 g/mol. The summed E-state index contributed by atoms with van der Waals surface area (Å²) >= 11 is 0. The fourth-order valence-electron chi connectivity index (χ4n) is 11.7. The quantitative estimate of drug-likeness (QED) is 0.357. The van der Waals surface area contributed by atoms with Crippen LogP contribution in [0, 0.1) is 56.2 Å². The number of esters is 1. The van der Waals surface area contributed by atoms with Gasteiger partial charge in [-0.3, -0.25) is 14.4 Å². The summed E-state index contributed by atoms with van der Waals surface area (Å²) in [7, 11) is 0. The molecule has 0 aliphatic heterocycles. The highest BCUT2D eigenvalue weighted by Crippen LogP contribution is 2.75. The van der Waals surface area contributed by atoms with E-state index in [9.17, 15) is 19.5 Å². The van der Waals surface area contributed by atoms with Crippen LogP contribution in [-0.2, 0) is 25.7 Å². The lowest BCUT2D eigenvalue weighted by Crippen LogP contribution is -2.66. The van der Waals surface area contributed by atoms with Crippen molar-refractivity contribution in [1.29, 1.82) is 0 Å². The van der Waals surface area contributed by atoms with Crippen molar-refractivity contribution in [3.8, 4) is 0 Å². The number of rotatable bonds is 4. The predicted octanol–water partition coefficient (Wildman–Crippen LogP) is 8.41. The topological polar surface area (TPSA) is 80.7 Å². The number of allylic oxidation sites excluding steroid dienone is 2. The first-order valence-electron chi connectivity index (χ1n) is 16.7. The molecule has 234 valence electrons. The van der Waals surface area contributed by atoms with E-state index in [1.54, 1.807) is 0 Å². The highest BCUT2D eigenvalue weighted by molar-refractivity contribution is 5.95. The van der Waals surface area contributed by atoms with Gasteiger partial charge in [-0.1, -0.05) is 77.4 Å². The van der Waals surface area contributed by atoms with Gasteiger partial charge in [-0.15, -0.1) is 0 Å². The normalized spacial score (nSPS) is 45.0. The molecule has 4 saturated carbocycles. The molecule has 5 aliphatic rings. The van der Waals surface area contributed by atoms with E-state index in [4.69, 9.17) is 4.74 Å². The molecule has 4 fully saturated rings. The number of hydrogen-bond acceptors (Lipinski definition) is 4. The summed E-state index contributed by atoms with van der Waals surface area (Å²) < 4.78 is 5.92. The van der Waals surface area contributed by atoms with E-state index in [1.165, 1.54) is 5.57 Å². The van der Waals surface area contributed by atoms with E-state index in [0.29, 0.717) is 6.42 Å². The third kappa shape index (κ3) is 4.26. The molecule has 5 aliphatic carbocycles. The van der Waals surface area contributed by atoms with Crippen molar-refractivity contribution in [3.05, 3.63) is 47.5 Å². The van der Waals surface area contributed by atoms with Crippen LogP contribution in [0.4, 0.5) is 0 Å². The van der Waals surface area contributed by atoms with E-state index in [1.807, 2.05) is 36.4 Å². The van der Waals surface area contributed by atoms with Crippen molar-refractivity contribution in [2.75, 3.05) is 0 Å². The first kappa shape index (κ1) is 30.6. The summed E-state index contributed by atoms with van der Waals surface area (Å²) in [5.41, 5.74) is 0.841. The van der Waals surface area contributed by atoms with Crippen LogP contribution < -0.4 is 0 Å². The van der Waals surface area contributed by atoms with Gasteiger partial charge >= 0.3 is 11.9 Å². The number of benzene rings is 1. The Kier molecular flexibility index (Phi) is 6.96. The van der Waals surface area contributed by atoms with Crippen LogP contribution in [0.2, 0.25) is 0 Å². The van der Waals surface area contributed by atoms with Crippen LogP contribution in [0.15, 0.2) is 42.0 Å². The first-order valence-corrected chi connectivity index (χ1v) is 16.7. The molecule has 1 aromatic rings. The summed E-state index contributed by atoms with van der Waals surface area (Å²) in [6.45, 7) is 16.2. The van der Waals surface area contributed by atoms with Gasteiger partial charge < -0.3 is 9.84 Å². The lowest BCUT2D eigenvalue weighted by atomic mass is 9.33. The molecule has 5 nitrogen and oxygen atoms in total. The maximum Gasteiger partial charge on any atom is 0.312 e. The number of fused-ring (bicyclic) bond motifs is 7. The molecule has 5 heteroatoms. The zero-order valence-corrected chi connectivity index (χ0v) is 27.4. The molecule has 1 unspecified atom stereocenters. The number of hydrogen-bond donors (Lipinski definition) is 1. The Labute approximate surface area is 258 Å². The Morgan fingerprint density at radius 3 is 2.23 bits per heavy atom. The van der Waals surface area contributed by atoms with Crippen LogP contribution >= 0.6 is 0 Å². The van der Waals surface area contributed by atoms with Crippen LogP contribution in [0.1, 0.15) is 112 Å². The molecule has 0 spiro atoms. The molecular weight excluding hydrogens is 536 g/mol. The average Bonchev–Trinajstić information content (AvgIpc) is 2.93. The Hall–Kier alpha value is -2.43. The lowest BCUT2D eigenvalue weighted by Gasteiger charge is -2.70. The third-order valence-electron chi connectivity index (χ3n) is 14.6. The fourth-order valence-corrected chi connectivity index (χ4v) is 11.7. The largest absolute Gasteiger partial charge is 0.481 e. The van der Waals surface area contributed by atoms with E-state index in [0.717, 1.165) is 56.9 Å². The van der Waals surface area contributed by atoms with Gasteiger partial charge in [0.1, 0.15) is 6.61 Å².